The van der Waals surface area contributed by atoms with E-state index in [1.54, 1.807) is 13.8 Å². The van der Waals surface area contributed by atoms with Crippen molar-refractivity contribution in [2.24, 2.45) is 5.41 Å². The molecule has 2 aromatic rings. The molecule has 0 fully saturated rings. The van der Waals surface area contributed by atoms with Gasteiger partial charge < -0.3 is 10.4 Å². The van der Waals surface area contributed by atoms with Crippen LogP contribution < -0.4 is 5.32 Å². The summed E-state index contributed by atoms with van der Waals surface area (Å²) < 4.78 is 0. The van der Waals surface area contributed by atoms with E-state index < -0.39 is 11.4 Å². The van der Waals surface area contributed by atoms with Crippen molar-refractivity contribution in [1.82, 2.24) is 10.3 Å². The number of hydrogen-bond donors (Lipinski definition) is 2. The topological polar surface area (TPSA) is 79.3 Å². The summed E-state index contributed by atoms with van der Waals surface area (Å²) in [7, 11) is 0. The number of benzene rings is 1. The molecule has 0 aliphatic carbocycles. The predicted octanol–water partition coefficient (Wildman–Crippen LogP) is 2.96. The third-order valence-electron chi connectivity index (χ3n) is 3.26. The molecule has 1 aromatic heterocycles. The molecule has 1 amide bonds. The summed E-state index contributed by atoms with van der Waals surface area (Å²) in [5.41, 5.74) is 0.491. The monoisotopic (exact) mass is 318 g/mol. The summed E-state index contributed by atoms with van der Waals surface area (Å²) in [6.07, 6.45) is 0. The van der Waals surface area contributed by atoms with E-state index >= 15 is 0 Å². The van der Waals surface area contributed by atoms with Crippen LogP contribution in [0.4, 0.5) is 0 Å². The number of carboxylic acid groups (broad SMARTS) is 1. The normalized spacial score (nSPS) is 11.2. The number of aliphatic carboxylic acids is 1. The molecule has 0 bridgehead atoms. The lowest BCUT2D eigenvalue weighted by Gasteiger charge is -2.19. The summed E-state index contributed by atoms with van der Waals surface area (Å²) in [5, 5.41) is 12.6. The maximum atomic E-state index is 12.4. The molecule has 0 radical (unpaired) electrons. The molecule has 116 valence electrons. The molecule has 0 aliphatic rings. The Bertz CT molecular complexity index is 693. The fourth-order valence-corrected chi connectivity index (χ4v) is 2.69. The van der Waals surface area contributed by atoms with Crippen LogP contribution in [-0.4, -0.2) is 28.5 Å². The second-order valence-electron chi connectivity index (χ2n) is 5.65. The van der Waals surface area contributed by atoms with E-state index in [2.05, 4.69) is 10.3 Å². The third kappa shape index (κ3) is 3.51. The highest BCUT2D eigenvalue weighted by atomic mass is 32.1. The number of thiazole rings is 1. The highest BCUT2D eigenvalue weighted by Crippen LogP contribution is 2.28. The van der Waals surface area contributed by atoms with E-state index in [-0.39, 0.29) is 12.5 Å². The maximum absolute atomic E-state index is 12.4. The van der Waals surface area contributed by atoms with Gasteiger partial charge in [0, 0.05) is 12.1 Å². The lowest BCUT2D eigenvalue weighted by molar-refractivity contribution is -0.146. The van der Waals surface area contributed by atoms with E-state index in [4.69, 9.17) is 5.11 Å². The second-order valence-corrected chi connectivity index (χ2v) is 6.85. The zero-order valence-electron chi connectivity index (χ0n) is 12.7. The number of rotatable bonds is 5. The van der Waals surface area contributed by atoms with Gasteiger partial charge in [-0.2, -0.15) is 0 Å². The highest BCUT2D eigenvalue weighted by molar-refractivity contribution is 7.14. The van der Waals surface area contributed by atoms with Crippen molar-refractivity contribution in [3.05, 3.63) is 40.2 Å². The second kappa shape index (κ2) is 6.27. The highest BCUT2D eigenvalue weighted by Gasteiger charge is 2.28. The van der Waals surface area contributed by atoms with Crippen LogP contribution >= 0.6 is 11.3 Å². The minimum Gasteiger partial charge on any atom is -0.481 e. The Balaban J connectivity index is 2.23. The van der Waals surface area contributed by atoms with Crippen LogP contribution in [0.5, 0.6) is 0 Å². The first-order valence-electron chi connectivity index (χ1n) is 6.86. The van der Waals surface area contributed by atoms with Gasteiger partial charge in [-0.05, 0) is 20.8 Å². The number of aryl methyl sites for hydroxylation is 1. The zero-order valence-corrected chi connectivity index (χ0v) is 13.5. The molecule has 5 nitrogen and oxygen atoms in total. The summed E-state index contributed by atoms with van der Waals surface area (Å²) >= 11 is 1.31. The average molecular weight is 318 g/mol. The van der Waals surface area contributed by atoms with Crippen molar-refractivity contribution in [3.63, 3.8) is 0 Å². The molecular weight excluding hydrogens is 300 g/mol. The number of nitrogens with zero attached hydrogens (tertiary/aromatic N) is 1. The van der Waals surface area contributed by atoms with Crippen LogP contribution in [0, 0.1) is 12.3 Å². The molecule has 22 heavy (non-hydrogen) atoms. The van der Waals surface area contributed by atoms with Gasteiger partial charge >= 0.3 is 5.97 Å². The van der Waals surface area contributed by atoms with Gasteiger partial charge in [-0.3, -0.25) is 9.59 Å². The van der Waals surface area contributed by atoms with Crippen molar-refractivity contribution < 1.29 is 14.7 Å². The fraction of sp³-hybridized carbons (Fsp3) is 0.312. The Kier molecular flexibility index (Phi) is 4.61. The van der Waals surface area contributed by atoms with Crippen LogP contribution in [0.2, 0.25) is 0 Å². The largest absolute Gasteiger partial charge is 0.481 e. The van der Waals surface area contributed by atoms with E-state index in [9.17, 15) is 9.59 Å². The summed E-state index contributed by atoms with van der Waals surface area (Å²) in [6.45, 7) is 5.05. The number of aromatic nitrogens is 1. The van der Waals surface area contributed by atoms with Gasteiger partial charge in [0.2, 0.25) is 0 Å². The molecule has 0 saturated carbocycles. The predicted molar refractivity (Wildman–Crippen MR) is 86.0 cm³/mol. The number of carboxylic acids is 1. The van der Waals surface area contributed by atoms with Crippen molar-refractivity contribution >= 4 is 23.2 Å². The molecule has 2 rings (SSSR count). The molecule has 1 aromatic carbocycles. The average Bonchev–Trinajstić information content (AvgIpc) is 2.87. The molecule has 0 saturated heterocycles. The van der Waals surface area contributed by atoms with Crippen LogP contribution in [0.3, 0.4) is 0 Å². The minimum absolute atomic E-state index is 0.0618. The molecular formula is C16H18N2O3S. The van der Waals surface area contributed by atoms with Crippen LogP contribution in [-0.2, 0) is 4.79 Å². The number of hydrogen-bond acceptors (Lipinski definition) is 4. The Hall–Kier alpha value is -2.21. The number of amides is 1. The molecule has 0 spiro atoms. The first kappa shape index (κ1) is 16.2. The van der Waals surface area contributed by atoms with E-state index in [1.165, 1.54) is 11.3 Å². The SMILES string of the molecule is Cc1nc(-c2ccccc2)c(C(=O)NCC(C)(C)C(=O)O)s1. The summed E-state index contributed by atoms with van der Waals surface area (Å²) in [4.78, 5) is 28.4. The first-order chi connectivity index (χ1) is 10.3. The van der Waals surface area contributed by atoms with Gasteiger partial charge in [0.1, 0.15) is 4.88 Å². The Morgan fingerprint density at radius 1 is 1.27 bits per heavy atom. The smallest absolute Gasteiger partial charge is 0.310 e. The van der Waals surface area contributed by atoms with E-state index in [0.717, 1.165) is 10.6 Å². The lowest BCUT2D eigenvalue weighted by Crippen LogP contribution is -2.38. The molecule has 0 aliphatic heterocycles. The van der Waals surface area contributed by atoms with Crippen molar-refractivity contribution in [2.75, 3.05) is 6.54 Å². The Morgan fingerprint density at radius 3 is 2.50 bits per heavy atom. The lowest BCUT2D eigenvalue weighted by atomic mass is 9.94. The minimum atomic E-state index is -1.01. The number of nitrogens with one attached hydrogen (secondary N) is 1. The quantitative estimate of drug-likeness (QED) is 0.888. The first-order valence-corrected chi connectivity index (χ1v) is 7.67. The van der Waals surface area contributed by atoms with Crippen molar-refractivity contribution in [3.8, 4) is 11.3 Å². The van der Waals surface area contributed by atoms with Crippen LogP contribution in [0.15, 0.2) is 30.3 Å². The zero-order chi connectivity index (χ0) is 16.3. The number of carbonyl (C=O) groups excluding carboxylic acids is 1. The molecule has 0 atom stereocenters. The molecule has 1 heterocycles. The summed E-state index contributed by atoms with van der Waals surface area (Å²) in [6, 6.07) is 9.47. The van der Waals surface area contributed by atoms with Crippen molar-refractivity contribution in [1.29, 1.82) is 0 Å². The molecule has 0 unspecified atom stereocenters. The van der Waals surface area contributed by atoms with Gasteiger partial charge in [-0.25, -0.2) is 4.98 Å². The van der Waals surface area contributed by atoms with Crippen molar-refractivity contribution in [2.45, 2.75) is 20.8 Å². The Morgan fingerprint density at radius 2 is 1.91 bits per heavy atom. The molecule has 2 N–H and O–H groups in total. The van der Waals surface area contributed by atoms with E-state index in [0.29, 0.717) is 10.6 Å². The van der Waals surface area contributed by atoms with E-state index in [1.807, 2.05) is 37.3 Å². The standard InChI is InChI=1S/C16H18N2O3S/c1-10-18-12(11-7-5-4-6-8-11)13(22-10)14(19)17-9-16(2,3)15(20)21/h4-8H,9H2,1-3H3,(H,17,19)(H,20,21). The fourth-order valence-electron chi connectivity index (χ4n) is 1.83. The van der Waals surface area contributed by atoms with Gasteiger partial charge in [-0.15, -0.1) is 11.3 Å². The van der Waals surface area contributed by atoms with Crippen LogP contribution in [0.1, 0.15) is 28.5 Å². The third-order valence-corrected chi connectivity index (χ3v) is 4.23. The summed E-state index contributed by atoms with van der Waals surface area (Å²) in [5.74, 6) is -1.24. The maximum Gasteiger partial charge on any atom is 0.310 e. The Labute approximate surface area is 133 Å². The van der Waals surface area contributed by atoms with Gasteiger partial charge in [0.25, 0.3) is 5.91 Å². The van der Waals surface area contributed by atoms with Gasteiger partial charge in [-0.1, -0.05) is 30.3 Å². The van der Waals surface area contributed by atoms with Gasteiger partial charge in [0.15, 0.2) is 0 Å². The van der Waals surface area contributed by atoms with Crippen LogP contribution in [0.25, 0.3) is 11.3 Å². The van der Waals surface area contributed by atoms with Gasteiger partial charge in [0.05, 0.1) is 16.1 Å². The number of carbonyl (C=O) groups is 2. The molecule has 6 heteroatoms.